The first-order valence-electron chi connectivity index (χ1n) is 8.00. The number of likely N-dealkylation sites (tertiary alicyclic amines) is 1. The molecule has 1 heterocycles. The number of aliphatic carboxylic acids is 1. The molecule has 0 aromatic heterocycles. The first kappa shape index (κ1) is 16.1. The molecule has 21 heavy (non-hydrogen) atoms. The van der Waals surface area contributed by atoms with Gasteiger partial charge in [0.15, 0.2) is 0 Å². The first-order valence-corrected chi connectivity index (χ1v) is 8.00. The second kappa shape index (κ2) is 7.64. The van der Waals surface area contributed by atoms with Gasteiger partial charge in [-0.15, -0.1) is 0 Å². The number of piperidine rings is 1. The van der Waals surface area contributed by atoms with Crippen molar-refractivity contribution in [1.82, 2.24) is 15.5 Å². The van der Waals surface area contributed by atoms with Crippen molar-refractivity contribution in [1.29, 1.82) is 0 Å². The zero-order valence-electron chi connectivity index (χ0n) is 12.8. The van der Waals surface area contributed by atoms with Gasteiger partial charge in [0.25, 0.3) is 0 Å². The molecule has 1 saturated carbocycles. The van der Waals surface area contributed by atoms with E-state index in [2.05, 4.69) is 22.6 Å². The van der Waals surface area contributed by atoms with Crippen LogP contribution in [0.4, 0.5) is 4.79 Å². The summed E-state index contributed by atoms with van der Waals surface area (Å²) in [5.74, 6) is -0.333. The molecule has 6 nitrogen and oxygen atoms in total. The molecular formula is C15H27N3O3. The molecule has 0 aromatic carbocycles. The van der Waals surface area contributed by atoms with Crippen molar-refractivity contribution < 1.29 is 14.7 Å². The Balaban J connectivity index is 1.57. The summed E-state index contributed by atoms with van der Waals surface area (Å²) in [5.41, 5.74) is 0. The molecule has 3 N–H and O–H groups in total. The van der Waals surface area contributed by atoms with Gasteiger partial charge in [0.05, 0.1) is 5.92 Å². The van der Waals surface area contributed by atoms with Crippen molar-refractivity contribution in [3.63, 3.8) is 0 Å². The summed E-state index contributed by atoms with van der Waals surface area (Å²) in [7, 11) is 2.15. The highest BCUT2D eigenvalue weighted by Crippen LogP contribution is 2.25. The number of carboxylic acids is 1. The summed E-state index contributed by atoms with van der Waals surface area (Å²) in [6.45, 7) is 3.00. The van der Waals surface area contributed by atoms with Crippen LogP contribution in [0.5, 0.6) is 0 Å². The highest BCUT2D eigenvalue weighted by Gasteiger charge is 2.30. The number of urea groups is 1. The van der Waals surface area contributed by atoms with Crippen LogP contribution in [-0.4, -0.2) is 54.7 Å². The second-order valence-corrected chi connectivity index (χ2v) is 6.48. The van der Waals surface area contributed by atoms with Crippen molar-refractivity contribution in [2.75, 3.05) is 26.7 Å². The monoisotopic (exact) mass is 297 g/mol. The fraction of sp³-hybridized carbons (Fsp3) is 0.867. The van der Waals surface area contributed by atoms with Gasteiger partial charge in [-0.1, -0.05) is 0 Å². The van der Waals surface area contributed by atoms with Gasteiger partial charge in [-0.25, -0.2) is 4.79 Å². The molecule has 2 atom stereocenters. The lowest BCUT2D eigenvalue weighted by molar-refractivity contribution is -0.141. The molecular weight excluding hydrogens is 270 g/mol. The Labute approximate surface area is 126 Å². The van der Waals surface area contributed by atoms with Crippen LogP contribution in [0.2, 0.25) is 0 Å². The molecule has 1 aliphatic heterocycles. The molecule has 2 aliphatic rings. The molecule has 1 aliphatic carbocycles. The van der Waals surface area contributed by atoms with Crippen molar-refractivity contribution >= 4 is 12.0 Å². The van der Waals surface area contributed by atoms with E-state index in [0.29, 0.717) is 25.3 Å². The number of rotatable bonds is 5. The van der Waals surface area contributed by atoms with Crippen LogP contribution in [0.3, 0.4) is 0 Å². The van der Waals surface area contributed by atoms with Gasteiger partial charge in [0, 0.05) is 12.6 Å². The molecule has 120 valence electrons. The fourth-order valence-electron chi connectivity index (χ4n) is 3.31. The lowest BCUT2D eigenvalue weighted by Crippen LogP contribution is -2.42. The van der Waals surface area contributed by atoms with Crippen LogP contribution in [0.25, 0.3) is 0 Å². The van der Waals surface area contributed by atoms with Gasteiger partial charge < -0.3 is 20.6 Å². The number of carboxylic acid groups (broad SMARTS) is 1. The summed E-state index contributed by atoms with van der Waals surface area (Å²) >= 11 is 0. The summed E-state index contributed by atoms with van der Waals surface area (Å²) in [6, 6.07) is -0.145. The Morgan fingerprint density at radius 1 is 1.19 bits per heavy atom. The third kappa shape index (κ3) is 5.19. The number of nitrogens with zero attached hydrogens (tertiary/aromatic N) is 1. The van der Waals surface area contributed by atoms with E-state index in [1.54, 1.807) is 0 Å². The first-order chi connectivity index (χ1) is 10.0. The Morgan fingerprint density at radius 2 is 1.90 bits per heavy atom. The van der Waals surface area contributed by atoms with Crippen LogP contribution >= 0.6 is 0 Å². The number of carbonyl (C=O) groups excluding carboxylic acids is 1. The third-order valence-corrected chi connectivity index (χ3v) is 4.79. The zero-order chi connectivity index (χ0) is 15.2. The molecule has 2 amide bonds. The Kier molecular flexibility index (Phi) is 5.85. The lowest BCUT2D eigenvalue weighted by Gasteiger charge is -2.28. The average molecular weight is 297 g/mol. The predicted molar refractivity (Wildman–Crippen MR) is 80.1 cm³/mol. The lowest BCUT2D eigenvalue weighted by atomic mass is 9.94. The molecule has 1 saturated heterocycles. The summed E-state index contributed by atoms with van der Waals surface area (Å²) in [6.07, 6.45) is 5.43. The minimum atomic E-state index is -0.748. The maximum absolute atomic E-state index is 11.8. The van der Waals surface area contributed by atoms with Crippen molar-refractivity contribution in [2.45, 2.75) is 44.6 Å². The standard InChI is InChI=1S/C15H27N3O3/c1-18-8-5-11(6-9-18)4-7-16-15(21)17-13-3-2-12(10-13)14(19)20/h11-13H,2-10H2,1H3,(H,19,20)(H2,16,17,21)/t12-,13+/m1/s1. The topological polar surface area (TPSA) is 81.7 Å². The van der Waals surface area contributed by atoms with E-state index in [0.717, 1.165) is 25.9 Å². The van der Waals surface area contributed by atoms with Crippen LogP contribution in [0.1, 0.15) is 38.5 Å². The average Bonchev–Trinajstić information content (AvgIpc) is 2.90. The molecule has 6 heteroatoms. The number of carbonyl (C=O) groups is 2. The number of nitrogens with one attached hydrogen (secondary N) is 2. The van der Waals surface area contributed by atoms with E-state index < -0.39 is 5.97 Å². The maximum Gasteiger partial charge on any atom is 0.315 e. The van der Waals surface area contributed by atoms with E-state index in [1.165, 1.54) is 12.8 Å². The van der Waals surface area contributed by atoms with Crippen molar-refractivity contribution in [3.8, 4) is 0 Å². The van der Waals surface area contributed by atoms with E-state index in [4.69, 9.17) is 5.11 Å². The molecule has 0 radical (unpaired) electrons. The van der Waals surface area contributed by atoms with Crippen molar-refractivity contribution in [2.24, 2.45) is 11.8 Å². The van der Waals surface area contributed by atoms with E-state index in [9.17, 15) is 9.59 Å². The number of amides is 2. The van der Waals surface area contributed by atoms with Crippen LogP contribution in [0, 0.1) is 11.8 Å². The molecule has 0 unspecified atom stereocenters. The quantitative estimate of drug-likeness (QED) is 0.714. The summed E-state index contributed by atoms with van der Waals surface area (Å²) in [4.78, 5) is 25.0. The third-order valence-electron chi connectivity index (χ3n) is 4.79. The van der Waals surface area contributed by atoms with Gasteiger partial charge in [-0.3, -0.25) is 4.79 Å². The van der Waals surface area contributed by atoms with E-state index in [1.807, 2.05) is 0 Å². The van der Waals surface area contributed by atoms with Gasteiger partial charge in [-0.2, -0.15) is 0 Å². The van der Waals surface area contributed by atoms with E-state index >= 15 is 0 Å². The molecule has 0 aromatic rings. The van der Waals surface area contributed by atoms with Gasteiger partial charge in [0.2, 0.25) is 0 Å². The SMILES string of the molecule is CN1CCC(CCNC(=O)N[C@H]2CC[C@@H](C(=O)O)C2)CC1. The molecule has 2 rings (SSSR count). The van der Waals surface area contributed by atoms with Crippen LogP contribution in [0.15, 0.2) is 0 Å². The van der Waals surface area contributed by atoms with Gasteiger partial charge >= 0.3 is 12.0 Å². The molecule has 0 bridgehead atoms. The minimum absolute atomic E-state index is 0.00873. The molecule has 0 spiro atoms. The molecule has 2 fully saturated rings. The van der Waals surface area contributed by atoms with E-state index in [-0.39, 0.29) is 18.0 Å². The largest absolute Gasteiger partial charge is 0.481 e. The summed E-state index contributed by atoms with van der Waals surface area (Å²) in [5, 5.41) is 14.7. The Hall–Kier alpha value is -1.30. The number of hydrogen-bond acceptors (Lipinski definition) is 3. The highest BCUT2D eigenvalue weighted by atomic mass is 16.4. The normalized spacial score (nSPS) is 27.5. The smallest absolute Gasteiger partial charge is 0.315 e. The Bertz CT molecular complexity index is 367. The summed E-state index contributed by atoms with van der Waals surface area (Å²) < 4.78 is 0. The minimum Gasteiger partial charge on any atom is -0.481 e. The van der Waals surface area contributed by atoms with Crippen molar-refractivity contribution in [3.05, 3.63) is 0 Å². The second-order valence-electron chi connectivity index (χ2n) is 6.48. The maximum atomic E-state index is 11.8. The number of hydrogen-bond donors (Lipinski definition) is 3. The zero-order valence-corrected chi connectivity index (χ0v) is 12.8. The van der Waals surface area contributed by atoms with Gasteiger partial charge in [-0.05, 0) is 64.6 Å². The highest BCUT2D eigenvalue weighted by molar-refractivity contribution is 5.75. The Morgan fingerprint density at radius 3 is 2.52 bits per heavy atom. The van der Waals surface area contributed by atoms with Crippen LogP contribution in [-0.2, 0) is 4.79 Å². The van der Waals surface area contributed by atoms with Crippen LogP contribution < -0.4 is 10.6 Å². The van der Waals surface area contributed by atoms with Gasteiger partial charge in [0.1, 0.15) is 0 Å². The fourth-order valence-corrected chi connectivity index (χ4v) is 3.31. The predicted octanol–water partition coefficient (Wildman–Crippen LogP) is 1.27.